The number of hydrogen-bond acceptors (Lipinski definition) is 7. The summed E-state index contributed by atoms with van der Waals surface area (Å²) >= 11 is 0. The fourth-order valence-corrected chi connectivity index (χ4v) is 4.67. The lowest BCUT2D eigenvalue weighted by atomic mass is 9.77. The fourth-order valence-electron chi connectivity index (χ4n) is 4.21. The first kappa shape index (κ1) is 21.6. The first-order chi connectivity index (χ1) is 14.6. The third-order valence-electron chi connectivity index (χ3n) is 5.49. The lowest BCUT2D eigenvalue weighted by Gasteiger charge is -2.36. The number of nitrogens with one attached hydrogen (secondary N) is 1. The maximum absolute atomic E-state index is 12.8. The maximum Gasteiger partial charge on any atom is 0.534 e. The van der Waals surface area contributed by atoms with Crippen molar-refractivity contribution in [3.63, 3.8) is 0 Å². The van der Waals surface area contributed by atoms with Gasteiger partial charge in [0.05, 0.1) is 21.3 Å². The van der Waals surface area contributed by atoms with Crippen LogP contribution in [0.25, 0.3) is 11.1 Å². The number of benzene rings is 2. The average Bonchev–Trinajstić information content (AvgIpc) is 2.71. The molecule has 2 aromatic carbocycles. The number of hydrogen-bond donors (Lipinski definition) is 1. The topological polar surface area (TPSA) is 83.1 Å². The van der Waals surface area contributed by atoms with E-state index in [1.54, 1.807) is 0 Å². The second-order valence-corrected chi connectivity index (χ2v) is 8.70. The number of ether oxygens (including phenoxy) is 3. The molecule has 4 rings (SSSR count). The molecule has 1 heterocycles. The molecule has 31 heavy (non-hydrogen) atoms. The van der Waals surface area contributed by atoms with Gasteiger partial charge in [-0.25, -0.2) is 0 Å². The van der Waals surface area contributed by atoms with Gasteiger partial charge in [-0.15, -0.1) is 0 Å². The largest absolute Gasteiger partial charge is 0.534 e. The van der Waals surface area contributed by atoms with Gasteiger partial charge in [0.15, 0.2) is 23.0 Å². The predicted molar refractivity (Wildman–Crippen MR) is 105 cm³/mol. The molecule has 2 aromatic rings. The van der Waals surface area contributed by atoms with E-state index in [1.165, 1.54) is 33.5 Å². The van der Waals surface area contributed by atoms with Crippen molar-refractivity contribution >= 4 is 10.1 Å². The minimum absolute atomic E-state index is 0.119. The molecule has 1 aliphatic heterocycles. The Balaban J connectivity index is 1.95. The van der Waals surface area contributed by atoms with Crippen molar-refractivity contribution in [3.8, 4) is 34.1 Å². The number of rotatable bonds is 5. The van der Waals surface area contributed by atoms with Crippen LogP contribution in [0.2, 0.25) is 0 Å². The van der Waals surface area contributed by atoms with E-state index in [2.05, 4.69) is 9.50 Å². The molecule has 0 aromatic heterocycles. The lowest BCUT2D eigenvalue weighted by Crippen LogP contribution is -2.34. The van der Waals surface area contributed by atoms with Gasteiger partial charge < -0.3 is 23.7 Å². The third-order valence-corrected chi connectivity index (χ3v) is 6.46. The Bertz CT molecular complexity index is 1150. The van der Waals surface area contributed by atoms with Crippen LogP contribution in [0.4, 0.5) is 13.2 Å². The minimum Gasteiger partial charge on any atom is -0.493 e. The van der Waals surface area contributed by atoms with Crippen LogP contribution in [0.1, 0.15) is 22.7 Å². The van der Waals surface area contributed by atoms with Crippen LogP contribution in [0.5, 0.6) is 23.0 Å². The highest BCUT2D eigenvalue weighted by molar-refractivity contribution is 7.88. The summed E-state index contributed by atoms with van der Waals surface area (Å²) in [6.07, 6.45) is 1.20. The van der Waals surface area contributed by atoms with Crippen molar-refractivity contribution in [2.45, 2.75) is 24.4 Å². The Hall–Kier alpha value is -2.66. The lowest BCUT2D eigenvalue weighted by molar-refractivity contribution is -0.0500. The highest BCUT2D eigenvalue weighted by Crippen LogP contribution is 2.52. The standard InChI is InChI=1S/C20H20F3NO6S/c1-27-14-9-12-11(8-15(14)30-31(25,26)20(21,22)23)6-13-17-10(4-5-24-13)7-16(28-2)19(29-3)18(12)17/h7-9,13,24H,4-6H2,1-3H3/t13-/m0/s1. The summed E-state index contributed by atoms with van der Waals surface area (Å²) in [5, 5.41) is 3.40. The molecular formula is C20H20F3NO6S. The van der Waals surface area contributed by atoms with E-state index >= 15 is 0 Å². The van der Waals surface area contributed by atoms with E-state index in [0.29, 0.717) is 35.6 Å². The summed E-state index contributed by atoms with van der Waals surface area (Å²) < 4.78 is 82.4. The highest BCUT2D eigenvalue weighted by atomic mass is 32.2. The van der Waals surface area contributed by atoms with E-state index in [4.69, 9.17) is 14.2 Å². The Kier molecular flexibility index (Phi) is 5.21. The van der Waals surface area contributed by atoms with Crippen molar-refractivity contribution in [1.82, 2.24) is 5.32 Å². The highest BCUT2D eigenvalue weighted by Gasteiger charge is 2.49. The number of methoxy groups -OCH3 is 3. The van der Waals surface area contributed by atoms with Gasteiger partial charge in [-0.1, -0.05) is 0 Å². The molecule has 0 radical (unpaired) electrons. The molecule has 0 fully saturated rings. The van der Waals surface area contributed by atoms with Crippen molar-refractivity contribution in [1.29, 1.82) is 0 Å². The zero-order valence-electron chi connectivity index (χ0n) is 16.9. The van der Waals surface area contributed by atoms with E-state index in [9.17, 15) is 21.6 Å². The first-order valence-electron chi connectivity index (χ1n) is 9.34. The number of fused-ring (bicyclic) bond motifs is 2. The normalized spacial score (nSPS) is 17.4. The molecular weight excluding hydrogens is 439 g/mol. The van der Waals surface area contributed by atoms with Gasteiger partial charge in [0, 0.05) is 11.6 Å². The Labute approximate surface area is 177 Å². The second-order valence-electron chi connectivity index (χ2n) is 7.16. The van der Waals surface area contributed by atoms with E-state index in [1.807, 2.05) is 6.07 Å². The molecule has 7 nitrogen and oxygen atoms in total. The summed E-state index contributed by atoms with van der Waals surface area (Å²) in [5.74, 6) is 0.338. The SMILES string of the molecule is COc1cc2c(cc1OS(=O)(=O)C(F)(F)F)C[C@@H]1NCCc3cc(OC)c(OC)c-2c31. The smallest absolute Gasteiger partial charge is 0.493 e. The van der Waals surface area contributed by atoms with Gasteiger partial charge in [-0.2, -0.15) is 21.6 Å². The van der Waals surface area contributed by atoms with Crippen LogP contribution in [-0.4, -0.2) is 41.8 Å². The van der Waals surface area contributed by atoms with Crippen LogP contribution in [-0.2, 0) is 23.0 Å². The van der Waals surface area contributed by atoms with Gasteiger partial charge in [-0.3, -0.25) is 0 Å². The van der Waals surface area contributed by atoms with Crippen LogP contribution in [0.15, 0.2) is 18.2 Å². The maximum atomic E-state index is 12.8. The fraction of sp³-hybridized carbons (Fsp3) is 0.400. The summed E-state index contributed by atoms with van der Waals surface area (Å²) in [4.78, 5) is 0. The third kappa shape index (κ3) is 3.45. The van der Waals surface area contributed by atoms with E-state index < -0.39 is 21.4 Å². The van der Waals surface area contributed by atoms with Gasteiger partial charge >= 0.3 is 15.6 Å². The quantitative estimate of drug-likeness (QED) is 0.542. The molecule has 11 heteroatoms. The first-order valence-corrected chi connectivity index (χ1v) is 10.7. The van der Waals surface area contributed by atoms with Crippen LogP contribution >= 0.6 is 0 Å². The Morgan fingerprint density at radius 3 is 2.26 bits per heavy atom. The van der Waals surface area contributed by atoms with Gasteiger partial charge in [0.2, 0.25) is 0 Å². The molecule has 168 valence electrons. The molecule has 0 saturated carbocycles. The van der Waals surface area contributed by atoms with Crippen molar-refractivity contribution in [3.05, 3.63) is 34.9 Å². The van der Waals surface area contributed by atoms with Gasteiger partial charge in [0.1, 0.15) is 0 Å². The molecule has 0 unspecified atom stereocenters. The van der Waals surface area contributed by atoms with Crippen LogP contribution in [0.3, 0.4) is 0 Å². The molecule has 1 N–H and O–H groups in total. The molecule has 0 spiro atoms. The second kappa shape index (κ2) is 7.49. The molecule has 1 atom stereocenters. The molecule has 0 bridgehead atoms. The average molecular weight is 459 g/mol. The van der Waals surface area contributed by atoms with Crippen molar-refractivity contribution < 1.29 is 40.0 Å². The Morgan fingerprint density at radius 2 is 1.65 bits per heavy atom. The Morgan fingerprint density at radius 1 is 0.968 bits per heavy atom. The summed E-state index contributed by atoms with van der Waals surface area (Å²) in [5.41, 5.74) is -1.47. The van der Waals surface area contributed by atoms with Crippen LogP contribution < -0.4 is 23.7 Å². The van der Waals surface area contributed by atoms with Crippen molar-refractivity contribution in [2.24, 2.45) is 0 Å². The monoisotopic (exact) mass is 459 g/mol. The van der Waals surface area contributed by atoms with E-state index in [-0.39, 0.29) is 11.8 Å². The van der Waals surface area contributed by atoms with E-state index in [0.717, 1.165) is 23.1 Å². The van der Waals surface area contributed by atoms with Gasteiger partial charge in [0.25, 0.3) is 0 Å². The minimum atomic E-state index is -5.85. The summed E-state index contributed by atoms with van der Waals surface area (Å²) in [6.45, 7) is 0.712. The predicted octanol–water partition coefficient (Wildman–Crippen LogP) is 3.35. The van der Waals surface area contributed by atoms with Gasteiger partial charge in [-0.05, 0) is 59.8 Å². The number of alkyl halides is 3. The number of halogens is 3. The molecule has 2 aliphatic rings. The zero-order valence-corrected chi connectivity index (χ0v) is 17.7. The zero-order chi connectivity index (χ0) is 22.6. The summed E-state index contributed by atoms with van der Waals surface area (Å²) in [6, 6.07) is 4.56. The molecule has 0 saturated heterocycles. The van der Waals surface area contributed by atoms with Crippen LogP contribution in [0, 0.1) is 0 Å². The summed E-state index contributed by atoms with van der Waals surface area (Å²) in [7, 11) is -1.59. The molecule has 1 aliphatic carbocycles. The molecule has 0 amide bonds. The van der Waals surface area contributed by atoms with Crippen molar-refractivity contribution in [2.75, 3.05) is 27.9 Å².